The van der Waals surface area contributed by atoms with E-state index >= 15 is 0 Å². The van der Waals surface area contributed by atoms with Crippen LogP contribution in [-0.4, -0.2) is 9.13 Å². The summed E-state index contributed by atoms with van der Waals surface area (Å²) in [5, 5.41) is 25.7. The fraction of sp³-hybridized carbons (Fsp3) is 0. The lowest BCUT2D eigenvalue weighted by Crippen LogP contribution is -2.03. The molecule has 9 rings (SSSR count). The number of para-hydroxylation sites is 5. The molecule has 48 heavy (non-hydrogen) atoms. The standard InChI is InChI=1S/C44H26N4/c45-27-30-13-10-20-33(29-12-9-15-32(26-29)47-39-22-5-1-16-34(39)35-17-2-6-23-40(35)47)43(30)38-21-11-14-31(28-46)44(38)48-41-24-7-3-18-36(41)37-19-4-8-25-42(37)48/h1-26H. The number of hydrogen-bond donors (Lipinski definition) is 0. The van der Waals surface area contributed by atoms with Crippen molar-refractivity contribution in [3.05, 3.63) is 169 Å². The zero-order valence-electron chi connectivity index (χ0n) is 25.8. The molecular formula is C44H26N4. The van der Waals surface area contributed by atoms with E-state index in [0.29, 0.717) is 11.1 Å². The monoisotopic (exact) mass is 610 g/mol. The summed E-state index contributed by atoms with van der Waals surface area (Å²) in [6.45, 7) is 0. The summed E-state index contributed by atoms with van der Waals surface area (Å²) in [5.41, 5.74) is 10.7. The highest BCUT2D eigenvalue weighted by Gasteiger charge is 2.23. The fourth-order valence-corrected chi connectivity index (χ4v) is 7.43. The summed E-state index contributed by atoms with van der Waals surface area (Å²) in [6.07, 6.45) is 0. The number of nitriles is 2. The van der Waals surface area contributed by atoms with E-state index in [-0.39, 0.29) is 0 Å². The van der Waals surface area contributed by atoms with Gasteiger partial charge in [-0.25, -0.2) is 0 Å². The molecule has 0 bridgehead atoms. The van der Waals surface area contributed by atoms with Gasteiger partial charge < -0.3 is 9.13 Å². The van der Waals surface area contributed by atoms with Crippen LogP contribution >= 0.6 is 0 Å². The zero-order chi connectivity index (χ0) is 32.2. The Labute approximate surface area is 277 Å². The Morgan fingerprint density at radius 1 is 0.396 bits per heavy atom. The third-order valence-electron chi connectivity index (χ3n) is 9.41. The van der Waals surface area contributed by atoms with Crippen LogP contribution in [0.2, 0.25) is 0 Å². The largest absolute Gasteiger partial charge is 0.309 e. The number of nitrogens with zero attached hydrogens (tertiary/aromatic N) is 4. The van der Waals surface area contributed by atoms with Crippen LogP contribution in [0.3, 0.4) is 0 Å². The van der Waals surface area contributed by atoms with Crippen LogP contribution < -0.4 is 0 Å². The van der Waals surface area contributed by atoms with Gasteiger partial charge in [0.05, 0.1) is 45.0 Å². The van der Waals surface area contributed by atoms with Gasteiger partial charge in [-0.05, 0) is 59.7 Å². The Morgan fingerprint density at radius 3 is 1.40 bits per heavy atom. The Kier molecular flexibility index (Phi) is 6.22. The van der Waals surface area contributed by atoms with Gasteiger partial charge in [-0.2, -0.15) is 10.5 Å². The van der Waals surface area contributed by atoms with E-state index in [1.807, 2.05) is 54.6 Å². The van der Waals surface area contributed by atoms with Crippen molar-refractivity contribution in [1.82, 2.24) is 9.13 Å². The minimum absolute atomic E-state index is 0.539. The van der Waals surface area contributed by atoms with Crippen LogP contribution in [0.1, 0.15) is 11.1 Å². The van der Waals surface area contributed by atoms with Crippen LogP contribution in [0.15, 0.2) is 158 Å². The summed E-state index contributed by atoms with van der Waals surface area (Å²) in [7, 11) is 0. The molecule has 7 aromatic carbocycles. The highest BCUT2D eigenvalue weighted by Crippen LogP contribution is 2.43. The highest BCUT2D eigenvalue weighted by atomic mass is 15.0. The SMILES string of the molecule is N#Cc1cccc(-c2cccc(-n3c4ccccc4c4ccccc43)c2)c1-c1cccc(C#N)c1-n1c2ccccc2c2ccccc21. The van der Waals surface area contributed by atoms with E-state index in [1.54, 1.807) is 0 Å². The maximum Gasteiger partial charge on any atom is 0.101 e. The van der Waals surface area contributed by atoms with E-state index in [1.165, 1.54) is 10.8 Å². The average Bonchev–Trinajstić information content (AvgIpc) is 3.67. The van der Waals surface area contributed by atoms with E-state index < -0.39 is 0 Å². The lowest BCUT2D eigenvalue weighted by atomic mass is 9.88. The number of rotatable bonds is 4. The van der Waals surface area contributed by atoms with Gasteiger partial charge in [0.25, 0.3) is 0 Å². The van der Waals surface area contributed by atoms with Crippen LogP contribution in [0, 0.1) is 22.7 Å². The summed E-state index contributed by atoms with van der Waals surface area (Å²) >= 11 is 0. The molecule has 0 N–H and O–H groups in total. The summed E-state index contributed by atoms with van der Waals surface area (Å²) in [6, 6.07) is 58.8. The number of benzene rings is 7. The zero-order valence-corrected chi connectivity index (χ0v) is 25.8. The van der Waals surface area contributed by atoms with Gasteiger partial charge in [0.15, 0.2) is 0 Å². The summed E-state index contributed by atoms with van der Waals surface area (Å²) < 4.78 is 4.49. The van der Waals surface area contributed by atoms with Crippen molar-refractivity contribution < 1.29 is 0 Å². The maximum absolute atomic E-state index is 10.6. The molecule has 0 unspecified atom stereocenters. The van der Waals surface area contributed by atoms with Gasteiger partial charge in [0.1, 0.15) is 6.07 Å². The first-order valence-electron chi connectivity index (χ1n) is 15.9. The smallest absolute Gasteiger partial charge is 0.101 e. The number of aromatic nitrogens is 2. The normalized spacial score (nSPS) is 11.3. The first-order chi connectivity index (χ1) is 23.8. The van der Waals surface area contributed by atoms with Crippen LogP contribution in [0.4, 0.5) is 0 Å². The lowest BCUT2D eigenvalue weighted by molar-refractivity contribution is 1.17. The third kappa shape index (κ3) is 4.01. The first-order valence-corrected chi connectivity index (χ1v) is 15.9. The molecule has 0 aliphatic heterocycles. The fourth-order valence-electron chi connectivity index (χ4n) is 7.43. The quantitative estimate of drug-likeness (QED) is 0.199. The Balaban J connectivity index is 1.34. The van der Waals surface area contributed by atoms with E-state index in [0.717, 1.165) is 66.5 Å². The van der Waals surface area contributed by atoms with Crippen molar-refractivity contribution in [2.24, 2.45) is 0 Å². The molecule has 0 saturated carbocycles. The molecule has 222 valence electrons. The van der Waals surface area contributed by atoms with Crippen LogP contribution in [0.25, 0.3) is 77.2 Å². The molecule has 0 radical (unpaired) electrons. The predicted octanol–water partition coefficient (Wildman–Crippen LogP) is 11.0. The van der Waals surface area contributed by atoms with Gasteiger partial charge in [-0.15, -0.1) is 0 Å². The van der Waals surface area contributed by atoms with Crippen molar-refractivity contribution in [2.45, 2.75) is 0 Å². The molecule has 0 amide bonds. The number of fused-ring (bicyclic) bond motifs is 6. The van der Waals surface area contributed by atoms with E-state index in [9.17, 15) is 10.5 Å². The van der Waals surface area contributed by atoms with Gasteiger partial charge in [0.2, 0.25) is 0 Å². The van der Waals surface area contributed by atoms with Crippen molar-refractivity contribution in [2.75, 3.05) is 0 Å². The second-order valence-corrected chi connectivity index (χ2v) is 11.9. The Hall–Kier alpha value is -6.88. The minimum Gasteiger partial charge on any atom is -0.309 e. The molecule has 0 aliphatic carbocycles. The molecule has 0 spiro atoms. The van der Waals surface area contributed by atoms with Crippen molar-refractivity contribution >= 4 is 43.6 Å². The van der Waals surface area contributed by atoms with Crippen molar-refractivity contribution in [3.63, 3.8) is 0 Å². The van der Waals surface area contributed by atoms with Crippen LogP contribution in [0.5, 0.6) is 0 Å². The van der Waals surface area contributed by atoms with Crippen molar-refractivity contribution in [1.29, 1.82) is 10.5 Å². The minimum atomic E-state index is 0.539. The van der Waals surface area contributed by atoms with Gasteiger partial charge in [0, 0.05) is 38.4 Å². The summed E-state index contributed by atoms with van der Waals surface area (Å²) in [4.78, 5) is 0. The van der Waals surface area contributed by atoms with Crippen LogP contribution in [-0.2, 0) is 0 Å². The number of hydrogen-bond acceptors (Lipinski definition) is 2. The molecule has 0 aliphatic rings. The molecule has 9 aromatic rings. The van der Waals surface area contributed by atoms with E-state index in [2.05, 4.69) is 124 Å². The molecule has 4 heteroatoms. The van der Waals surface area contributed by atoms with Gasteiger partial charge in [-0.1, -0.05) is 109 Å². The Bertz CT molecular complexity index is 2710. The molecule has 0 atom stereocenters. The van der Waals surface area contributed by atoms with Gasteiger partial charge in [-0.3, -0.25) is 0 Å². The molecule has 2 heterocycles. The van der Waals surface area contributed by atoms with Gasteiger partial charge >= 0.3 is 0 Å². The average molecular weight is 611 g/mol. The molecule has 0 fully saturated rings. The van der Waals surface area contributed by atoms with Crippen molar-refractivity contribution in [3.8, 4) is 45.8 Å². The summed E-state index contributed by atoms with van der Waals surface area (Å²) in [5.74, 6) is 0. The predicted molar refractivity (Wildman–Crippen MR) is 195 cm³/mol. The first kappa shape index (κ1) is 27.4. The second-order valence-electron chi connectivity index (χ2n) is 11.9. The highest BCUT2D eigenvalue weighted by molar-refractivity contribution is 6.11. The maximum atomic E-state index is 10.6. The van der Waals surface area contributed by atoms with E-state index in [4.69, 9.17) is 0 Å². The Morgan fingerprint density at radius 2 is 0.854 bits per heavy atom. The molecule has 4 nitrogen and oxygen atoms in total. The molecule has 0 saturated heterocycles. The topological polar surface area (TPSA) is 57.4 Å². The third-order valence-corrected chi connectivity index (χ3v) is 9.41. The second kappa shape index (κ2) is 10.9. The lowest BCUT2D eigenvalue weighted by Gasteiger charge is -2.19. The molecular weight excluding hydrogens is 585 g/mol. The molecule has 2 aromatic heterocycles.